The molecule has 6 heteroatoms. The van der Waals surface area contributed by atoms with Crippen LogP contribution >= 0.6 is 0 Å². The number of carbonyl (C=O) groups excluding carboxylic acids is 2. The van der Waals surface area contributed by atoms with E-state index in [9.17, 15) is 9.59 Å². The minimum Gasteiger partial charge on any atom is -0.472 e. The van der Waals surface area contributed by atoms with Crippen LogP contribution in [0.1, 0.15) is 70.5 Å². The first-order chi connectivity index (χ1) is 14.8. The Balaban J connectivity index is 2.27. The van der Waals surface area contributed by atoms with Crippen molar-refractivity contribution in [3.05, 3.63) is 72.6 Å². The van der Waals surface area contributed by atoms with Gasteiger partial charge in [0.1, 0.15) is 17.1 Å². The van der Waals surface area contributed by atoms with Gasteiger partial charge >= 0.3 is 11.9 Å². The van der Waals surface area contributed by atoms with Crippen LogP contribution in [0.5, 0.6) is 0 Å². The molecule has 168 valence electrons. The molecule has 0 bridgehead atoms. The standard InChI is InChI=1S/C25H32O6/c1-7-22(26)30-24(8-2,9-3)21-12-11-20(29-21)13-15-25(10-4,19-14-16-28-17-19)31-23(27)18(5)6/h7,11-12,14,16-17H,1,5,8-10,13,15H2,2-4,6H3. The zero-order valence-corrected chi connectivity index (χ0v) is 18.9. The SMILES string of the molecule is C=CC(=O)OC(CC)(CC)c1ccc(CCC(CC)(OC(=O)C(=C)C)c2ccoc2)o1. The maximum atomic E-state index is 12.3. The molecule has 2 aromatic rings. The highest BCUT2D eigenvalue weighted by Gasteiger charge is 2.38. The van der Waals surface area contributed by atoms with Crippen molar-refractivity contribution in [1.29, 1.82) is 0 Å². The highest BCUT2D eigenvalue weighted by molar-refractivity contribution is 5.87. The third kappa shape index (κ3) is 5.37. The zero-order valence-electron chi connectivity index (χ0n) is 18.9. The van der Waals surface area contributed by atoms with Crippen molar-refractivity contribution in [3.63, 3.8) is 0 Å². The van der Waals surface area contributed by atoms with Crippen LogP contribution in [0.3, 0.4) is 0 Å². The number of aryl methyl sites for hydroxylation is 1. The molecule has 2 heterocycles. The van der Waals surface area contributed by atoms with Crippen molar-refractivity contribution in [3.8, 4) is 0 Å². The van der Waals surface area contributed by atoms with Crippen molar-refractivity contribution < 1.29 is 27.9 Å². The molecule has 0 aliphatic carbocycles. The van der Waals surface area contributed by atoms with Crippen LogP contribution < -0.4 is 0 Å². The number of carbonyl (C=O) groups is 2. The Morgan fingerprint density at radius 1 is 1.06 bits per heavy atom. The molecular formula is C25H32O6. The molecule has 1 atom stereocenters. The van der Waals surface area contributed by atoms with E-state index in [1.807, 2.05) is 32.9 Å². The second kappa shape index (κ2) is 10.3. The topological polar surface area (TPSA) is 78.9 Å². The van der Waals surface area contributed by atoms with Crippen LogP contribution in [-0.4, -0.2) is 11.9 Å². The minimum absolute atomic E-state index is 0.335. The van der Waals surface area contributed by atoms with Crippen molar-refractivity contribution in [2.45, 2.75) is 71.0 Å². The van der Waals surface area contributed by atoms with Gasteiger partial charge in [0.2, 0.25) is 0 Å². The van der Waals surface area contributed by atoms with E-state index in [2.05, 4.69) is 13.2 Å². The van der Waals surface area contributed by atoms with E-state index in [-0.39, 0.29) is 0 Å². The van der Waals surface area contributed by atoms with Crippen molar-refractivity contribution >= 4 is 11.9 Å². The van der Waals surface area contributed by atoms with E-state index < -0.39 is 23.1 Å². The van der Waals surface area contributed by atoms with Gasteiger partial charge < -0.3 is 18.3 Å². The molecule has 2 aromatic heterocycles. The van der Waals surface area contributed by atoms with Crippen molar-refractivity contribution in [2.75, 3.05) is 0 Å². The monoisotopic (exact) mass is 428 g/mol. The Labute approximate surface area is 183 Å². The fourth-order valence-electron chi connectivity index (χ4n) is 3.61. The number of furan rings is 2. The molecular weight excluding hydrogens is 396 g/mol. The molecule has 0 radical (unpaired) electrons. The van der Waals surface area contributed by atoms with Gasteiger partial charge in [-0.2, -0.15) is 0 Å². The van der Waals surface area contributed by atoms with Gasteiger partial charge in [-0.05, 0) is 50.8 Å². The fraction of sp³-hybridized carbons (Fsp3) is 0.440. The lowest BCUT2D eigenvalue weighted by atomic mass is 9.87. The lowest BCUT2D eigenvalue weighted by molar-refractivity contribution is -0.158. The van der Waals surface area contributed by atoms with Crippen LogP contribution in [-0.2, 0) is 36.7 Å². The summed E-state index contributed by atoms with van der Waals surface area (Å²) in [6.07, 6.45) is 7.01. The third-order valence-electron chi connectivity index (χ3n) is 5.75. The normalized spacial score (nSPS) is 13.3. The van der Waals surface area contributed by atoms with Crippen molar-refractivity contribution in [1.82, 2.24) is 0 Å². The van der Waals surface area contributed by atoms with Crippen LogP contribution in [0.25, 0.3) is 0 Å². The van der Waals surface area contributed by atoms with Gasteiger partial charge in [0.25, 0.3) is 0 Å². The Hall–Kier alpha value is -3.02. The van der Waals surface area contributed by atoms with Gasteiger partial charge in [0, 0.05) is 23.6 Å². The fourth-order valence-corrected chi connectivity index (χ4v) is 3.61. The summed E-state index contributed by atoms with van der Waals surface area (Å²) in [5.74, 6) is 0.365. The summed E-state index contributed by atoms with van der Waals surface area (Å²) >= 11 is 0. The number of hydrogen-bond acceptors (Lipinski definition) is 6. The average molecular weight is 429 g/mol. The van der Waals surface area contributed by atoms with E-state index in [0.29, 0.717) is 49.2 Å². The quantitative estimate of drug-likeness (QED) is 0.306. The van der Waals surface area contributed by atoms with Gasteiger partial charge in [0.15, 0.2) is 5.60 Å². The van der Waals surface area contributed by atoms with Gasteiger partial charge in [-0.3, -0.25) is 0 Å². The van der Waals surface area contributed by atoms with Gasteiger partial charge in [-0.25, -0.2) is 9.59 Å². The van der Waals surface area contributed by atoms with Crippen LogP contribution in [0.4, 0.5) is 0 Å². The molecule has 2 rings (SSSR count). The smallest absolute Gasteiger partial charge is 0.334 e. The second-order valence-corrected chi connectivity index (χ2v) is 7.62. The van der Waals surface area contributed by atoms with Crippen LogP contribution in [0, 0.1) is 0 Å². The van der Waals surface area contributed by atoms with Crippen LogP contribution in [0.2, 0.25) is 0 Å². The van der Waals surface area contributed by atoms with Crippen LogP contribution in [0.15, 0.2) is 64.4 Å². The van der Waals surface area contributed by atoms with E-state index >= 15 is 0 Å². The number of hydrogen-bond donors (Lipinski definition) is 0. The molecule has 0 N–H and O–H groups in total. The first kappa shape index (κ1) is 24.3. The molecule has 0 saturated heterocycles. The Morgan fingerprint density at radius 3 is 2.26 bits per heavy atom. The van der Waals surface area contributed by atoms with Gasteiger partial charge in [-0.15, -0.1) is 0 Å². The molecule has 31 heavy (non-hydrogen) atoms. The summed E-state index contributed by atoms with van der Waals surface area (Å²) in [6, 6.07) is 5.51. The lowest BCUT2D eigenvalue weighted by Crippen LogP contribution is -2.32. The van der Waals surface area contributed by atoms with E-state index in [1.54, 1.807) is 25.5 Å². The average Bonchev–Trinajstić information content (AvgIpc) is 3.47. The van der Waals surface area contributed by atoms with E-state index in [1.165, 1.54) is 0 Å². The zero-order chi connectivity index (χ0) is 23.1. The molecule has 1 unspecified atom stereocenters. The molecule has 0 fully saturated rings. The number of esters is 2. The Kier molecular flexibility index (Phi) is 8.08. The Morgan fingerprint density at radius 2 is 1.74 bits per heavy atom. The summed E-state index contributed by atoms with van der Waals surface area (Å²) < 4.78 is 22.9. The predicted octanol–water partition coefficient (Wildman–Crippen LogP) is 5.97. The largest absolute Gasteiger partial charge is 0.472 e. The van der Waals surface area contributed by atoms with Gasteiger partial charge in [0.05, 0.1) is 12.5 Å². The summed E-state index contributed by atoms with van der Waals surface area (Å²) in [4.78, 5) is 24.2. The lowest BCUT2D eigenvalue weighted by Gasteiger charge is -2.32. The highest BCUT2D eigenvalue weighted by atomic mass is 16.6. The highest BCUT2D eigenvalue weighted by Crippen LogP contribution is 2.38. The number of rotatable bonds is 12. The van der Waals surface area contributed by atoms with E-state index in [4.69, 9.17) is 18.3 Å². The Bertz CT molecular complexity index is 900. The summed E-state index contributed by atoms with van der Waals surface area (Å²) in [7, 11) is 0. The van der Waals surface area contributed by atoms with Gasteiger partial charge in [-0.1, -0.05) is 33.9 Å². The summed E-state index contributed by atoms with van der Waals surface area (Å²) in [6.45, 7) is 14.6. The first-order valence-corrected chi connectivity index (χ1v) is 10.6. The summed E-state index contributed by atoms with van der Waals surface area (Å²) in [5, 5.41) is 0. The molecule has 0 saturated carbocycles. The maximum absolute atomic E-state index is 12.3. The molecule has 6 nitrogen and oxygen atoms in total. The third-order valence-corrected chi connectivity index (χ3v) is 5.75. The molecule has 0 aliphatic rings. The maximum Gasteiger partial charge on any atom is 0.334 e. The molecule has 0 aromatic carbocycles. The number of ether oxygens (including phenoxy) is 2. The summed E-state index contributed by atoms with van der Waals surface area (Å²) in [5.41, 5.74) is -0.589. The molecule has 0 aliphatic heterocycles. The molecule has 0 amide bonds. The minimum atomic E-state index is -0.863. The first-order valence-electron chi connectivity index (χ1n) is 10.6. The predicted molar refractivity (Wildman–Crippen MR) is 117 cm³/mol. The molecule has 0 spiro atoms. The second-order valence-electron chi connectivity index (χ2n) is 7.62. The van der Waals surface area contributed by atoms with E-state index in [0.717, 1.165) is 11.6 Å². The van der Waals surface area contributed by atoms with Crippen molar-refractivity contribution in [2.24, 2.45) is 0 Å².